The lowest BCUT2D eigenvalue weighted by atomic mass is 9.93. The molecule has 1 aliphatic heterocycles. The van der Waals surface area contributed by atoms with Crippen LogP contribution in [0.15, 0.2) is 150 Å². The first kappa shape index (κ1) is 23.0. The third-order valence-corrected chi connectivity index (χ3v) is 8.73. The van der Waals surface area contributed by atoms with Crippen molar-refractivity contribution in [2.45, 2.75) is 9.79 Å². The van der Waals surface area contributed by atoms with Crippen molar-refractivity contribution in [3.63, 3.8) is 0 Å². The highest BCUT2D eigenvalue weighted by Gasteiger charge is 2.24. The number of fused-ring (bicyclic) bond motifs is 5. The van der Waals surface area contributed by atoms with Crippen molar-refractivity contribution < 1.29 is 0 Å². The summed E-state index contributed by atoms with van der Waals surface area (Å²) in [6.45, 7) is 0. The summed E-state index contributed by atoms with van der Waals surface area (Å²) in [6, 6.07) is 45.6. The Morgan fingerprint density at radius 1 is 0.525 bits per heavy atom. The third-order valence-electron chi connectivity index (χ3n) is 7.60. The van der Waals surface area contributed by atoms with Crippen LogP contribution < -0.4 is 4.90 Å². The largest absolute Gasteiger partial charge is 0.308 e. The van der Waals surface area contributed by atoms with Crippen molar-refractivity contribution in [3.8, 4) is 22.3 Å². The molecule has 188 valence electrons. The van der Waals surface area contributed by atoms with Crippen LogP contribution in [0.3, 0.4) is 0 Å². The molecule has 0 aliphatic carbocycles. The van der Waals surface area contributed by atoms with Crippen LogP contribution >= 0.6 is 11.8 Å². The van der Waals surface area contributed by atoms with E-state index >= 15 is 0 Å². The van der Waals surface area contributed by atoms with Gasteiger partial charge in [0.2, 0.25) is 0 Å². The Balaban J connectivity index is 1.27. The molecule has 0 fully saturated rings. The number of hydrogen-bond acceptors (Lipinski definition) is 4. The molecule has 0 spiro atoms. The molecule has 0 saturated carbocycles. The van der Waals surface area contributed by atoms with Gasteiger partial charge in [0.05, 0.1) is 16.9 Å². The number of rotatable bonds is 3. The van der Waals surface area contributed by atoms with Crippen LogP contribution in [-0.2, 0) is 0 Å². The second-order valence-corrected chi connectivity index (χ2v) is 11.0. The Bertz CT molecular complexity index is 1990. The van der Waals surface area contributed by atoms with Crippen molar-refractivity contribution in [3.05, 3.63) is 140 Å². The Kier molecular flexibility index (Phi) is 5.39. The predicted molar refractivity (Wildman–Crippen MR) is 167 cm³/mol. The Morgan fingerprint density at radius 3 is 1.95 bits per heavy atom. The van der Waals surface area contributed by atoms with E-state index in [1.54, 1.807) is 6.33 Å². The molecule has 8 rings (SSSR count). The predicted octanol–water partition coefficient (Wildman–Crippen LogP) is 10.1. The SMILES string of the molecule is c1ccc(-c2ccc3c(-c4ccc(N5c6ccccc6Sc6ccccc65)cc4)cc4ncncc4c3c2)cc1. The summed E-state index contributed by atoms with van der Waals surface area (Å²) in [5.74, 6) is 0. The van der Waals surface area contributed by atoms with Gasteiger partial charge in [-0.05, 0) is 81.6 Å². The van der Waals surface area contributed by atoms with E-state index in [1.807, 2.05) is 18.0 Å². The number of nitrogens with zero attached hydrogens (tertiary/aromatic N) is 3. The molecular weight excluding hydrogens is 506 g/mol. The van der Waals surface area contributed by atoms with E-state index in [-0.39, 0.29) is 0 Å². The van der Waals surface area contributed by atoms with Crippen LogP contribution in [0.4, 0.5) is 17.1 Å². The zero-order chi connectivity index (χ0) is 26.5. The average molecular weight is 530 g/mol. The zero-order valence-corrected chi connectivity index (χ0v) is 22.3. The van der Waals surface area contributed by atoms with E-state index in [0.29, 0.717) is 0 Å². The van der Waals surface area contributed by atoms with Gasteiger partial charge in [0.15, 0.2) is 0 Å². The molecule has 6 aromatic carbocycles. The summed E-state index contributed by atoms with van der Waals surface area (Å²) in [6.07, 6.45) is 3.56. The molecule has 4 heteroatoms. The monoisotopic (exact) mass is 529 g/mol. The number of aromatic nitrogens is 2. The fraction of sp³-hybridized carbons (Fsp3) is 0. The maximum atomic E-state index is 4.64. The minimum atomic E-state index is 0.947. The fourth-order valence-electron chi connectivity index (χ4n) is 5.70. The molecule has 0 N–H and O–H groups in total. The molecule has 0 amide bonds. The van der Waals surface area contributed by atoms with Crippen LogP contribution in [0, 0.1) is 0 Å². The Labute approximate surface area is 236 Å². The summed E-state index contributed by atoms with van der Waals surface area (Å²) >= 11 is 1.83. The van der Waals surface area contributed by atoms with Crippen LogP contribution in [0.5, 0.6) is 0 Å². The number of benzene rings is 6. The molecule has 0 atom stereocenters. The molecule has 1 aromatic heterocycles. The molecule has 0 radical (unpaired) electrons. The molecule has 3 nitrogen and oxygen atoms in total. The van der Waals surface area contributed by atoms with Crippen molar-refractivity contribution in [2.75, 3.05) is 4.90 Å². The minimum Gasteiger partial charge on any atom is -0.308 e. The van der Waals surface area contributed by atoms with Gasteiger partial charge in [0.1, 0.15) is 6.33 Å². The first-order valence-corrected chi connectivity index (χ1v) is 14.1. The standard InChI is InChI=1S/C36H23N3S/c1-2-8-24(9-3-1)26-16-19-28-29(21-32-31(30(28)20-26)22-37-23-38-32)25-14-17-27(18-15-25)39-33-10-4-6-12-35(33)40-36-13-7-5-11-34(36)39/h1-23H. The molecular formula is C36H23N3S. The second-order valence-electron chi connectivity index (χ2n) is 9.93. The highest BCUT2D eigenvalue weighted by molar-refractivity contribution is 7.99. The lowest BCUT2D eigenvalue weighted by Crippen LogP contribution is -2.14. The normalized spacial score (nSPS) is 12.3. The minimum absolute atomic E-state index is 0.947. The van der Waals surface area contributed by atoms with E-state index in [2.05, 4.69) is 142 Å². The lowest BCUT2D eigenvalue weighted by Gasteiger charge is -2.32. The van der Waals surface area contributed by atoms with Crippen LogP contribution in [-0.4, -0.2) is 9.97 Å². The van der Waals surface area contributed by atoms with Gasteiger partial charge < -0.3 is 4.90 Å². The first-order chi connectivity index (χ1) is 19.8. The summed E-state index contributed by atoms with van der Waals surface area (Å²) in [7, 11) is 0. The number of para-hydroxylation sites is 2. The Hall–Kier alpha value is -4.93. The highest BCUT2D eigenvalue weighted by atomic mass is 32.2. The van der Waals surface area contributed by atoms with E-state index in [0.717, 1.165) is 27.5 Å². The quantitative estimate of drug-likeness (QED) is 0.213. The summed E-state index contributed by atoms with van der Waals surface area (Å²) in [5, 5.41) is 3.42. The molecule has 40 heavy (non-hydrogen) atoms. The summed E-state index contributed by atoms with van der Waals surface area (Å²) in [4.78, 5) is 13.9. The number of hydrogen-bond donors (Lipinski definition) is 0. The smallest absolute Gasteiger partial charge is 0.116 e. The van der Waals surface area contributed by atoms with Crippen molar-refractivity contribution >= 4 is 50.5 Å². The number of anilines is 3. The van der Waals surface area contributed by atoms with Crippen LogP contribution in [0.25, 0.3) is 43.9 Å². The molecule has 0 saturated heterocycles. The lowest BCUT2D eigenvalue weighted by molar-refractivity contribution is 1.17. The van der Waals surface area contributed by atoms with Gasteiger partial charge in [0, 0.05) is 27.1 Å². The Morgan fingerprint density at radius 2 is 1.20 bits per heavy atom. The molecule has 0 unspecified atom stereocenters. The fourth-order valence-corrected chi connectivity index (χ4v) is 6.76. The van der Waals surface area contributed by atoms with Crippen molar-refractivity contribution in [2.24, 2.45) is 0 Å². The summed E-state index contributed by atoms with van der Waals surface area (Å²) < 4.78 is 0. The van der Waals surface area contributed by atoms with Gasteiger partial charge in [0.25, 0.3) is 0 Å². The van der Waals surface area contributed by atoms with Crippen molar-refractivity contribution in [1.82, 2.24) is 9.97 Å². The zero-order valence-electron chi connectivity index (χ0n) is 21.5. The van der Waals surface area contributed by atoms with Gasteiger partial charge in [-0.1, -0.05) is 90.6 Å². The van der Waals surface area contributed by atoms with Crippen LogP contribution in [0.2, 0.25) is 0 Å². The first-order valence-electron chi connectivity index (χ1n) is 13.3. The maximum absolute atomic E-state index is 4.64. The summed E-state index contributed by atoms with van der Waals surface area (Å²) in [5.41, 5.74) is 9.22. The molecule has 0 bridgehead atoms. The van der Waals surface area contributed by atoms with E-state index in [4.69, 9.17) is 0 Å². The van der Waals surface area contributed by atoms with Gasteiger partial charge in [-0.3, -0.25) is 0 Å². The van der Waals surface area contributed by atoms with Gasteiger partial charge in [-0.25, -0.2) is 9.97 Å². The molecule has 7 aromatic rings. The second kappa shape index (κ2) is 9.37. The average Bonchev–Trinajstić information content (AvgIpc) is 3.03. The van der Waals surface area contributed by atoms with E-state index < -0.39 is 0 Å². The molecule has 1 aliphatic rings. The van der Waals surface area contributed by atoms with Crippen LogP contribution in [0.1, 0.15) is 0 Å². The van der Waals surface area contributed by atoms with E-state index in [1.165, 1.54) is 43.2 Å². The maximum Gasteiger partial charge on any atom is 0.116 e. The third kappa shape index (κ3) is 3.76. The topological polar surface area (TPSA) is 29.0 Å². The van der Waals surface area contributed by atoms with E-state index in [9.17, 15) is 0 Å². The van der Waals surface area contributed by atoms with Gasteiger partial charge in [-0.2, -0.15) is 0 Å². The van der Waals surface area contributed by atoms with Gasteiger partial charge in [-0.15, -0.1) is 0 Å². The highest BCUT2D eigenvalue weighted by Crippen LogP contribution is 2.51. The van der Waals surface area contributed by atoms with Gasteiger partial charge >= 0.3 is 0 Å². The van der Waals surface area contributed by atoms with Crippen molar-refractivity contribution in [1.29, 1.82) is 0 Å². The molecule has 2 heterocycles.